The average molecular weight is 418 g/mol. The number of thioether (sulfide) groups is 1. The molecular formula is C23H35N3O2S. The maximum absolute atomic E-state index is 13.1. The average Bonchev–Trinajstić information content (AvgIpc) is 3.26. The lowest BCUT2D eigenvalue weighted by Crippen LogP contribution is -2.59. The van der Waals surface area contributed by atoms with Crippen LogP contribution in [0.4, 0.5) is 0 Å². The Kier molecular flexibility index (Phi) is 8.01. The smallest absolute Gasteiger partial charge is 0.251 e. The summed E-state index contributed by atoms with van der Waals surface area (Å²) in [5, 5.41) is 6.22. The molecule has 5 nitrogen and oxygen atoms in total. The highest BCUT2D eigenvalue weighted by molar-refractivity contribution is 7.99. The third-order valence-corrected chi connectivity index (χ3v) is 7.57. The molecule has 0 spiro atoms. The minimum Gasteiger partial charge on any atom is -0.352 e. The summed E-state index contributed by atoms with van der Waals surface area (Å²) in [5.74, 6) is 2.20. The maximum atomic E-state index is 13.1. The standard InChI is InChI=1S/C23H35N3O2S/c1-3-18(2)20(25-21(27)19-9-5-4-6-10-19)22(28)24-17-23(11-7-8-12-23)26-13-15-29-16-14-26/h4-6,9-10,18,20H,3,7-8,11-17H2,1-2H3,(H,24,28)(H,25,27). The zero-order valence-corrected chi connectivity index (χ0v) is 18.6. The number of carbonyl (C=O) groups is 2. The van der Waals surface area contributed by atoms with Crippen LogP contribution in [0.1, 0.15) is 56.3 Å². The summed E-state index contributed by atoms with van der Waals surface area (Å²) in [6.07, 6.45) is 5.62. The van der Waals surface area contributed by atoms with Gasteiger partial charge in [-0.05, 0) is 30.9 Å². The molecule has 1 aliphatic heterocycles. The van der Waals surface area contributed by atoms with Crippen molar-refractivity contribution >= 4 is 23.6 Å². The molecule has 1 saturated carbocycles. The van der Waals surface area contributed by atoms with Crippen LogP contribution in [0.5, 0.6) is 0 Å². The van der Waals surface area contributed by atoms with Crippen LogP contribution in [0.2, 0.25) is 0 Å². The SMILES string of the molecule is CCC(C)C(NC(=O)c1ccccc1)C(=O)NCC1(N2CCSCC2)CCCC1. The zero-order valence-electron chi connectivity index (χ0n) is 17.8. The number of rotatable bonds is 8. The Bertz CT molecular complexity index is 670. The van der Waals surface area contributed by atoms with Gasteiger partial charge in [0.15, 0.2) is 0 Å². The van der Waals surface area contributed by atoms with Crippen LogP contribution in [0.3, 0.4) is 0 Å². The molecule has 1 saturated heterocycles. The number of hydrogen-bond donors (Lipinski definition) is 2. The molecule has 1 aromatic carbocycles. The van der Waals surface area contributed by atoms with Gasteiger partial charge in [-0.25, -0.2) is 0 Å². The first-order chi connectivity index (χ1) is 14.1. The van der Waals surface area contributed by atoms with Crippen LogP contribution < -0.4 is 10.6 Å². The Morgan fingerprint density at radius 2 is 1.79 bits per heavy atom. The molecule has 0 aromatic heterocycles. The normalized spacial score (nSPS) is 21.3. The molecule has 29 heavy (non-hydrogen) atoms. The summed E-state index contributed by atoms with van der Waals surface area (Å²) in [6.45, 7) is 7.00. The van der Waals surface area contributed by atoms with Gasteiger partial charge in [-0.3, -0.25) is 14.5 Å². The van der Waals surface area contributed by atoms with E-state index in [-0.39, 0.29) is 23.3 Å². The molecular weight excluding hydrogens is 382 g/mol. The Labute approximate surface area is 179 Å². The fourth-order valence-electron chi connectivity index (χ4n) is 4.55. The van der Waals surface area contributed by atoms with Crippen molar-refractivity contribution in [2.75, 3.05) is 31.1 Å². The van der Waals surface area contributed by atoms with Crippen LogP contribution in [0.15, 0.2) is 30.3 Å². The lowest BCUT2D eigenvalue weighted by molar-refractivity contribution is -0.124. The van der Waals surface area contributed by atoms with E-state index in [0.29, 0.717) is 12.1 Å². The minimum absolute atomic E-state index is 0.0544. The molecule has 2 atom stereocenters. The van der Waals surface area contributed by atoms with Crippen LogP contribution in [-0.4, -0.2) is 59.4 Å². The second-order valence-corrected chi connectivity index (χ2v) is 9.68. The van der Waals surface area contributed by atoms with Crippen molar-refractivity contribution < 1.29 is 9.59 Å². The predicted molar refractivity (Wildman–Crippen MR) is 120 cm³/mol. The van der Waals surface area contributed by atoms with E-state index >= 15 is 0 Å². The third-order valence-electron chi connectivity index (χ3n) is 6.63. The number of nitrogens with one attached hydrogen (secondary N) is 2. The van der Waals surface area contributed by atoms with Gasteiger partial charge in [0.1, 0.15) is 6.04 Å². The minimum atomic E-state index is -0.511. The molecule has 160 valence electrons. The van der Waals surface area contributed by atoms with Gasteiger partial charge >= 0.3 is 0 Å². The van der Waals surface area contributed by atoms with Gasteiger partial charge in [0.05, 0.1) is 0 Å². The van der Waals surface area contributed by atoms with Gasteiger partial charge in [0.2, 0.25) is 5.91 Å². The zero-order chi connectivity index (χ0) is 20.7. The van der Waals surface area contributed by atoms with E-state index in [0.717, 1.165) is 32.4 Å². The molecule has 2 amide bonds. The Balaban J connectivity index is 1.65. The molecule has 2 unspecified atom stereocenters. The number of amides is 2. The summed E-state index contributed by atoms with van der Waals surface area (Å²) in [5.41, 5.74) is 0.687. The summed E-state index contributed by atoms with van der Waals surface area (Å²) < 4.78 is 0. The lowest BCUT2D eigenvalue weighted by atomic mass is 9.93. The van der Waals surface area contributed by atoms with Crippen LogP contribution in [-0.2, 0) is 4.79 Å². The highest BCUT2D eigenvalue weighted by atomic mass is 32.2. The molecule has 0 radical (unpaired) electrons. The first-order valence-corrected chi connectivity index (χ1v) is 12.2. The van der Waals surface area contributed by atoms with Crippen molar-refractivity contribution in [3.63, 3.8) is 0 Å². The molecule has 3 rings (SSSR count). The Hall–Kier alpha value is -1.53. The number of benzene rings is 1. The second kappa shape index (κ2) is 10.5. The molecule has 2 N–H and O–H groups in total. The van der Waals surface area contributed by atoms with Gasteiger partial charge < -0.3 is 10.6 Å². The number of nitrogens with zero attached hydrogens (tertiary/aromatic N) is 1. The molecule has 1 aromatic rings. The highest BCUT2D eigenvalue weighted by Crippen LogP contribution is 2.36. The van der Waals surface area contributed by atoms with Crippen molar-refractivity contribution in [3.05, 3.63) is 35.9 Å². The molecule has 1 aliphatic carbocycles. The van der Waals surface area contributed by atoms with E-state index in [1.807, 2.05) is 36.9 Å². The van der Waals surface area contributed by atoms with E-state index in [9.17, 15) is 9.59 Å². The Morgan fingerprint density at radius 1 is 1.14 bits per heavy atom. The van der Waals surface area contributed by atoms with Gasteiger partial charge in [0.25, 0.3) is 5.91 Å². The topological polar surface area (TPSA) is 61.4 Å². The first-order valence-electron chi connectivity index (χ1n) is 11.0. The first kappa shape index (κ1) is 22.2. The van der Waals surface area contributed by atoms with Gasteiger partial charge in [-0.15, -0.1) is 0 Å². The number of hydrogen-bond acceptors (Lipinski definition) is 4. The molecule has 1 heterocycles. The Morgan fingerprint density at radius 3 is 2.41 bits per heavy atom. The quantitative estimate of drug-likeness (QED) is 0.681. The second-order valence-electron chi connectivity index (χ2n) is 8.45. The van der Waals surface area contributed by atoms with Gasteiger partial charge in [-0.1, -0.05) is 51.3 Å². The molecule has 2 fully saturated rings. The maximum Gasteiger partial charge on any atom is 0.251 e. The van der Waals surface area contributed by atoms with Crippen molar-refractivity contribution in [1.29, 1.82) is 0 Å². The fourth-order valence-corrected chi connectivity index (χ4v) is 5.46. The monoisotopic (exact) mass is 417 g/mol. The highest BCUT2D eigenvalue weighted by Gasteiger charge is 2.40. The third kappa shape index (κ3) is 5.54. The van der Waals surface area contributed by atoms with E-state index in [2.05, 4.69) is 22.5 Å². The number of carbonyl (C=O) groups excluding carboxylic acids is 2. The van der Waals surface area contributed by atoms with Gasteiger partial charge in [-0.2, -0.15) is 11.8 Å². The van der Waals surface area contributed by atoms with E-state index in [1.165, 1.54) is 24.3 Å². The predicted octanol–water partition coefficient (Wildman–Crippen LogP) is 3.31. The van der Waals surface area contributed by atoms with E-state index < -0.39 is 6.04 Å². The van der Waals surface area contributed by atoms with Crippen LogP contribution >= 0.6 is 11.8 Å². The van der Waals surface area contributed by atoms with E-state index in [4.69, 9.17) is 0 Å². The largest absolute Gasteiger partial charge is 0.352 e. The van der Waals surface area contributed by atoms with Crippen molar-refractivity contribution in [2.24, 2.45) is 5.92 Å². The van der Waals surface area contributed by atoms with E-state index in [1.54, 1.807) is 12.1 Å². The molecule has 0 bridgehead atoms. The summed E-state index contributed by atoms with van der Waals surface area (Å²) in [7, 11) is 0. The molecule has 6 heteroatoms. The van der Waals surface area contributed by atoms with Crippen molar-refractivity contribution in [3.8, 4) is 0 Å². The summed E-state index contributed by atoms with van der Waals surface area (Å²) in [6, 6.07) is 8.62. The fraction of sp³-hybridized carbons (Fsp3) is 0.652. The van der Waals surface area contributed by atoms with Crippen LogP contribution in [0, 0.1) is 5.92 Å². The van der Waals surface area contributed by atoms with Gasteiger partial charge in [0, 0.05) is 42.2 Å². The van der Waals surface area contributed by atoms with Crippen molar-refractivity contribution in [1.82, 2.24) is 15.5 Å². The lowest BCUT2D eigenvalue weighted by Gasteiger charge is -2.43. The van der Waals surface area contributed by atoms with Crippen molar-refractivity contribution in [2.45, 2.75) is 57.5 Å². The van der Waals surface area contributed by atoms with Crippen LogP contribution in [0.25, 0.3) is 0 Å². The molecule has 2 aliphatic rings. The summed E-state index contributed by atoms with van der Waals surface area (Å²) >= 11 is 2.02. The summed E-state index contributed by atoms with van der Waals surface area (Å²) in [4.78, 5) is 28.4.